The van der Waals surface area contributed by atoms with E-state index in [2.05, 4.69) is 20.0 Å². The average molecular weight is 328 g/mol. The summed E-state index contributed by atoms with van der Waals surface area (Å²) in [5.74, 6) is 1.54. The molecule has 1 atom stereocenters. The third-order valence-electron chi connectivity index (χ3n) is 4.66. The van der Waals surface area contributed by atoms with Gasteiger partial charge in [-0.15, -0.1) is 0 Å². The number of carbonyl (C=O) groups is 1. The number of methoxy groups -OCH3 is 1. The fourth-order valence-corrected chi connectivity index (χ4v) is 3.22. The number of anilines is 1. The summed E-state index contributed by atoms with van der Waals surface area (Å²) >= 11 is 0. The van der Waals surface area contributed by atoms with Crippen molar-refractivity contribution in [2.24, 2.45) is 0 Å². The van der Waals surface area contributed by atoms with E-state index in [0.717, 1.165) is 31.0 Å². The highest BCUT2D eigenvalue weighted by Gasteiger charge is 2.31. The second kappa shape index (κ2) is 6.10. The van der Waals surface area contributed by atoms with Crippen LogP contribution in [0.1, 0.15) is 24.6 Å². The third kappa shape index (κ3) is 2.68. The predicted octanol–water partition coefficient (Wildman–Crippen LogP) is 0.865. The van der Waals surface area contributed by atoms with Gasteiger partial charge in [0.15, 0.2) is 0 Å². The van der Waals surface area contributed by atoms with E-state index in [1.807, 2.05) is 21.7 Å². The number of likely N-dealkylation sites (tertiary alicyclic amines) is 1. The maximum absolute atomic E-state index is 12.4. The lowest BCUT2D eigenvalue weighted by molar-refractivity contribution is -0.135. The smallest absolute Gasteiger partial charge is 0.224 e. The zero-order valence-corrected chi connectivity index (χ0v) is 13.6. The Morgan fingerprint density at radius 3 is 3.00 bits per heavy atom. The molecule has 8 heteroatoms. The number of carbonyl (C=O) groups excluding carboxylic acids is 1. The van der Waals surface area contributed by atoms with Crippen molar-refractivity contribution in [3.8, 4) is 5.88 Å². The molecule has 1 fully saturated rings. The average Bonchev–Trinajstić information content (AvgIpc) is 3.02. The molecule has 1 saturated heterocycles. The summed E-state index contributed by atoms with van der Waals surface area (Å²) in [6.07, 6.45) is 4.87. The molecule has 0 radical (unpaired) electrons. The van der Waals surface area contributed by atoms with E-state index in [0.29, 0.717) is 25.4 Å². The van der Waals surface area contributed by atoms with E-state index in [-0.39, 0.29) is 11.9 Å². The molecule has 4 heterocycles. The van der Waals surface area contributed by atoms with E-state index in [1.54, 1.807) is 13.3 Å². The number of amides is 1. The fraction of sp³-hybridized carbons (Fsp3) is 0.500. The van der Waals surface area contributed by atoms with E-state index in [4.69, 9.17) is 4.74 Å². The minimum Gasteiger partial charge on any atom is -0.481 e. The summed E-state index contributed by atoms with van der Waals surface area (Å²) in [4.78, 5) is 24.9. The topological polar surface area (TPSA) is 76.4 Å². The maximum Gasteiger partial charge on any atom is 0.224 e. The first-order valence-electron chi connectivity index (χ1n) is 8.16. The number of rotatable bonds is 4. The zero-order chi connectivity index (χ0) is 16.5. The van der Waals surface area contributed by atoms with Crippen molar-refractivity contribution >= 4 is 11.7 Å². The Hall–Kier alpha value is -2.64. The molecule has 126 valence electrons. The van der Waals surface area contributed by atoms with Gasteiger partial charge in [0, 0.05) is 31.9 Å². The SMILES string of the molecule is COc1cc(N2Cc3ccnn3C(CC(=O)N3CCC3)C2)ncn1. The molecule has 1 unspecified atom stereocenters. The molecule has 0 N–H and O–H groups in total. The normalized spacial score (nSPS) is 19.6. The number of nitrogens with zero attached hydrogens (tertiary/aromatic N) is 6. The summed E-state index contributed by atoms with van der Waals surface area (Å²) in [6, 6.07) is 3.82. The van der Waals surface area contributed by atoms with Crippen LogP contribution in [-0.2, 0) is 11.3 Å². The van der Waals surface area contributed by atoms with Gasteiger partial charge in [0.2, 0.25) is 11.8 Å². The molecule has 0 aliphatic carbocycles. The van der Waals surface area contributed by atoms with Crippen LogP contribution in [0.15, 0.2) is 24.7 Å². The zero-order valence-electron chi connectivity index (χ0n) is 13.6. The highest BCUT2D eigenvalue weighted by atomic mass is 16.5. The molecule has 0 aromatic carbocycles. The van der Waals surface area contributed by atoms with E-state index in [1.165, 1.54) is 6.33 Å². The van der Waals surface area contributed by atoms with Gasteiger partial charge in [-0.1, -0.05) is 0 Å². The first-order valence-corrected chi connectivity index (χ1v) is 8.16. The third-order valence-corrected chi connectivity index (χ3v) is 4.66. The van der Waals surface area contributed by atoms with Crippen molar-refractivity contribution in [1.29, 1.82) is 0 Å². The summed E-state index contributed by atoms with van der Waals surface area (Å²) in [5, 5.41) is 4.42. The molecule has 8 nitrogen and oxygen atoms in total. The molecular formula is C16H20N6O2. The lowest BCUT2D eigenvalue weighted by Gasteiger charge is -2.37. The van der Waals surface area contributed by atoms with Gasteiger partial charge in [0.25, 0.3) is 0 Å². The van der Waals surface area contributed by atoms with Crippen LogP contribution in [-0.4, -0.2) is 57.3 Å². The van der Waals surface area contributed by atoms with Crippen molar-refractivity contribution in [3.63, 3.8) is 0 Å². The van der Waals surface area contributed by atoms with E-state index in [9.17, 15) is 4.79 Å². The lowest BCUT2D eigenvalue weighted by Crippen LogP contribution is -2.45. The second-order valence-electron chi connectivity index (χ2n) is 6.16. The Labute approximate surface area is 140 Å². The summed E-state index contributed by atoms with van der Waals surface area (Å²) in [5.41, 5.74) is 1.08. The van der Waals surface area contributed by atoms with Crippen LogP contribution in [0.3, 0.4) is 0 Å². The van der Waals surface area contributed by atoms with Crippen LogP contribution in [0.2, 0.25) is 0 Å². The Kier molecular flexibility index (Phi) is 3.79. The molecular weight excluding hydrogens is 308 g/mol. The number of hydrogen-bond acceptors (Lipinski definition) is 6. The van der Waals surface area contributed by atoms with Gasteiger partial charge in [-0.05, 0) is 12.5 Å². The van der Waals surface area contributed by atoms with Gasteiger partial charge in [-0.3, -0.25) is 9.48 Å². The molecule has 24 heavy (non-hydrogen) atoms. The molecule has 0 saturated carbocycles. The standard InChI is InChI=1S/C16H20N6O2/c1-24-15-8-14(17-11-18-15)21-9-12-3-4-19-22(12)13(10-21)7-16(23)20-5-2-6-20/h3-4,8,11,13H,2,5-7,9-10H2,1H3. The Morgan fingerprint density at radius 1 is 1.38 bits per heavy atom. The monoisotopic (exact) mass is 328 g/mol. The molecule has 1 amide bonds. The summed E-state index contributed by atoms with van der Waals surface area (Å²) in [6.45, 7) is 3.15. The van der Waals surface area contributed by atoms with Crippen LogP contribution in [0.25, 0.3) is 0 Å². The van der Waals surface area contributed by atoms with Crippen molar-refractivity contribution < 1.29 is 9.53 Å². The molecule has 2 aromatic rings. The Morgan fingerprint density at radius 2 is 2.25 bits per heavy atom. The first kappa shape index (κ1) is 14.9. The highest BCUT2D eigenvalue weighted by Crippen LogP contribution is 2.28. The maximum atomic E-state index is 12.4. The first-order chi connectivity index (χ1) is 11.7. The van der Waals surface area contributed by atoms with Gasteiger partial charge in [-0.25, -0.2) is 9.97 Å². The second-order valence-corrected chi connectivity index (χ2v) is 6.16. The van der Waals surface area contributed by atoms with Gasteiger partial charge in [0.05, 0.1) is 31.8 Å². The van der Waals surface area contributed by atoms with Crippen LogP contribution in [0.4, 0.5) is 5.82 Å². The Balaban J connectivity index is 1.57. The van der Waals surface area contributed by atoms with Gasteiger partial charge >= 0.3 is 0 Å². The largest absolute Gasteiger partial charge is 0.481 e. The van der Waals surface area contributed by atoms with Crippen LogP contribution < -0.4 is 9.64 Å². The van der Waals surface area contributed by atoms with Crippen LogP contribution >= 0.6 is 0 Å². The summed E-state index contributed by atoms with van der Waals surface area (Å²) < 4.78 is 7.17. The minimum atomic E-state index is 0.0119. The molecule has 2 aliphatic rings. The lowest BCUT2D eigenvalue weighted by atomic mass is 10.1. The Bertz CT molecular complexity index is 742. The fourth-order valence-electron chi connectivity index (χ4n) is 3.22. The predicted molar refractivity (Wildman–Crippen MR) is 86.7 cm³/mol. The van der Waals surface area contributed by atoms with E-state index >= 15 is 0 Å². The van der Waals surface area contributed by atoms with Crippen molar-refractivity contribution in [2.75, 3.05) is 31.6 Å². The summed E-state index contributed by atoms with van der Waals surface area (Å²) in [7, 11) is 1.59. The molecule has 0 spiro atoms. The number of hydrogen-bond donors (Lipinski definition) is 0. The van der Waals surface area contributed by atoms with Gasteiger partial charge in [0.1, 0.15) is 12.1 Å². The van der Waals surface area contributed by atoms with Crippen LogP contribution in [0, 0.1) is 0 Å². The van der Waals surface area contributed by atoms with E-state index < -0.39 is 0 Å². The van der Waals surface area contributed by atoms with Gasteiger partial charge < -0.3 is 14.5 Å². The number of ether oxygens (including phenoxy) is 1. The molecule has 2 aliphatic heterocycles. The van der Waals surface area contributed by atoms with Crippen molar-refractivity contribution in [1.82, 2.24) is 24.6 Å². The van der Waals surface area contributed by atoms with Crippen molar-refractivity contribution in [3.05, 3.63) is 30.4 Å². The highest BCUT2D eigenvalue weighted by molar-refractivity contribution is 5.77. The molecule has 0 bridgehead atoms. The van der Waals surface area contributed by atoms with Crippen LogP contribution in [0.5, 0.6) is 5.88 Å². The molecule has 4 rings (SSSR count). The molecule has 2 aromatic heterocycles. The number of fused-ring (bicyclic) bond motifs is 1. The minimum absolute atomic E-state index is 0.0119. The quantitative estimate of drug-likeness (QED) is 0.829. The van der Waals surface area contributed by atoms with Gasteiger partial charge in [-0.2, -0.15) is 5.10 Å². The number of aromatic nitrogens is 4. The van der Waals surface area contributed by atoms with Crippen molar-refractivity contribution in [2.45, 2.75) is 25.4 Å².